The first-order valence-corrected chi connectivity index (χ1v) is 6.05. The van der Waals surface area contributed by atoms with Gasteiger partial charge in [0.05, 0.1) is 0 Å². The highest BCUT2D eigenvalue weighted by atomic mass is 14.9. The monoisotopic (exact) mass is 227 g/mol. The highest BCUT2D eigenvalue weighted by Gasteiger charge is 2.05. The fraction of sp³-hybridized carbons (Fsp3) is 0.357. The van der Waals surface area contributed by atoms with Crippen LogP contribution in [0.5, 0.6) is 0 Å². The van der Waals surface area contributed by atoms with Gasteiger partial charge >= 0.3 is 0 Å². The van der Waals surface area contributed by atoms with E-state index in [1.165, 1.54) is 18.4 Å². The molecule has 0 unspecified atom stereocenters. The third-order valence-electron chi connectivity index (χ3n) is 2.79. The summed E-state index contributed by atoms with van der Waals surface area (Å²) in [4.78, 5) is 13.0. The molecule has 0 saturated heterocycles. The van der Waals surface area contributed by atoms with E-state index in [0.29, 0.717) is 5.82 Å². The van der Waals surface area contributed by atoms with E-state index in [2.05, 4.69) is 34.9 Å². The van der Waals surface area contributed by atoms with Crippen LogP contribution in [0.2, 0.25) is 0 Å². The van der Waals surface area contributed by atoms with Crippen molar-refractivity contribution in [3.05, 3.63) is 41.9 Å². The lowest BCUT2D eigenvalue weighted by Crippen LogP contribution is -1.97. The summed E-state index contributed by atoms with van der Waals surface area (Å²) in [5.41, 5.74) is 3.26. The van der Waals surface area contributed by atoms with Crippen LogP contribution < -0.4 is 0 Å². The van der Waals surface area contributed by atoms with Gasteiger partial charge in [0, 0.05) is 18.1 Å². The standard InChI is InChI=1S/C14H17N3/c1-3-4-6-12-7-8-13(17-11(12)2)14-15-9-5-10-16-14/h5,7-10H,3-4,6H2,1-2H3. The Bertz CT molecular complexity index is 480. The van der Waals surface area contributed by atoms with Crippen LogP contribution in [0.15, 0.2) is 30.6 Å². The second-order valence-electron chi connectivity index (χ2n) is 4.12. The number of hydrogen-bond acceptors (Lipinski definition) is 3. The zero-order valence-corrected chi connectivity index (χ0v) is 10.3. The molecule has 2 aromatic heterocycles. The van der Waals surface area contributed by atoms with E-state index < -0.39 is 0 Å². The Morgan fingerprint density at radius 2 is 1.88 bits per heavy atom. The average Bonchev–Trinajstić information content (AvgIpc) is 2.38. The van der Waals surface area contributed by atoms with Gasteiger partial charge in [0.2, 0.25) is 0 Å². The summed E-state index contributed by atoms with van der Waals surface area (Å²) in [6, 6.07) is 5.96. The van der Waals surface area contributed by atoms with Crippen LogP contribution in [-0.2, 0) is 6.42 Å². The molecular formula is C14H17N3. The number of nitrogens with zero attached hydrogens (tertiary/aromatic N) is 3. The summed E-state index contributed by atoms with van der Waals surface area (Å²) in [7, 11) is 0. The maximum Gasteiger partial charge on any atom is 0.178 e. The first-order chi connectivity index (χ1) is 8.31. The molecule has 0 aromatic carbocycles. The molecule has 0 radical (unpaired) electrons. The molecule has 2 heterocycles. The number of hydrogen-bond donors (Lipinski definition) is 0. The molecule has 0 spiro atoms. The van der Waals surface area contributed by atoms with Crippen molar-refractivity contribution in [3.8, 4) is 11.5 Å². The lowest BCUT2D eigenvalue weighted by molar-refractivity contribution is 0.786. The van der Waals surface area contributed by atoms with Gasteiger partial charge in [-0.15, -0.1) is 0 Å². The summed E-state index contributed by atoms with van der Waals surface area (Å²) >= 11 is 0. The Kier molecular flexibility index (Phi) is 3.81. The Morgan fingerprint density at radius 3 is 2.53 bits per heavy atom. The average molecular weight is 227 g/mol. The van der Waals surface area contributed by atoms with E-state index in [1.54, 1.807) is 12.4 Å². The molecule has 0 fully saturated rings. The first-order valence-electron chi connectivity index (χ1n) is 6.05. The highest BCUT2D eigenvalue weighted by molar-refractivity contribution is 5.49. The van der Waals surface area contributed by atoms with E-state index in [9.17, 15) is 0 Å². The van der Waals surface area contributed by atoms with Crippen molar-refractivity contribution in [2.24, 2.45) is 0 Å². The van der Waals surface area contributed by atoms with Gasteiger partial charge in [-0.1, -0.05) is 19.4 Å². The van der Waals surface area contributed by atoms with Gasteiger partial charge in [0.1, 0.15) is 5.69 Å². The second kappa shape index (κ2) is 5.53. The van der Waals surface area contributed by atoms with Crippen LogP contribution in [0.1, 0.15) is 31.0 Å². The van der Waals surface area contributed by atoms with Gasteiger partial charge in [-0.05, 0) is 37.5 Å². The van der Waals surface area contributed by atoms with Crippen LogP contribution >= 0.6 is 0 Å². The Morgan fingerprint density at radius 1 is 1.12 bits per heavy atom. The molecule has 17 heavy (non-hydrogen) atoms. The number of pyridine rings is 1. The van der Waals surface area contributed by atoms with E-state index in [-0.39, 0.29) is 0 Å². The van der Waals surface area contributed by atoms with Crippen molar-refractivity contribution in [3.63, 3.8) is 0 Å². The van der Waals surface area contributed by atoms with Gasteiger partial charge in [-0.25, -0.2) is 15.0 Å². The van der Waals surface area contributed by atoms with Crippen LogP contribution in [0.3, 0.4) is 0 Å². The zero-order chi connectivity index (χ0) is 12.1. The van der Waals surface area contributed by atoms with Crippen molar-refractivity contribution in [1.82, 2.24) is 15.0 Å². The van der Waals surface area contributed by atoms with Crippen LogP contribution in [0, 0.1) is 6.92 Å². The summed E-state index contributed by atoms with van der Waals surface area (Å²) in [6.07, 6.45) is 7.01. The minimum Gasteiger partial charge on any atom is -0.250 e. The fourth-order valence-electron chi connectivity index (χ4n) is 1.78. The first kappa shape index (κ1) is 11.7. The molecule has 2 aromatic rings. The molecule has 0 saturated carbocycles. The third kappa shape index (κ3) is 2.87. The zero-order valence-electron chi connectivity index (χ0n) is 10.3. The Balaban J connectivity index is 2.25. The number of rotatable bonds is 4. The van der Waals surface area contributed by atoms with Crippen molar-refractivity contribution in [2.45, 2.75) is 33.1 Å². The van der Waals surface area contributed by atoms with Crippen molar-refractivity contribution >= 4 is 0 Å². The molecular weight excluding hydrogens is 210 g/mol. The van der Waals surface area contributed by atoms with Crippen molar-refractivity contribution in [2.75, 3.05) is 0 Å². The van der Waals surface area contributed by atoms with E-state index in [4.69, 9.17) is 0 Å². The minimum atomic E-state index is 0.692. The fourth-order valence-corrected chi connectivity index (χ4v) is 1.78. The highest BCUT2D eigenvalue weighted by Crippen LogP contribution is 2.16. The van der Waals surface area contributed by atoms with Gasteiger partial charge in [-0.3, -0.25) is 0 Å². The largest absolute Gasteiger partial charge is 0.250 e. The number of aryl methyl sites for hydroxylation is 2. The summed E-state index contributed by atoms with van der Waals surface area (Å²) in [5.74, 6) is 0.692. The maximum atomic E-state index is 4.57. The SMILES string of the molecule is CCCCc1ccc(-c2ncccn2)nc1C. The van der Waals surface area contributed by atoms with Gasteiger partial charge in [0.15, 0.2) is 5.82 Å². The molecule has 0 aliphatic heterocycles. The van der Waals surface area contributed by atoms with Crippen LogP contribution in [-0.4, -0.2) is 15.0 Å². The molecule has 3 heteroatoms. The predicted molar refractivity (Wildman–Crippen MR) is 68.6 cm³/mol. The maximum absolute atomic E-state index is 4.57. The lowest BCUT2D eigenvalue weighted by Gasteiger charge is -2.06. The molecule has 0 amide bonds. The number of unbranched alkanes of at least 4 members (excludes halogenated alkanes) is 1. The predicted octanol–water partition coefficient (Wildman–Crippen LogP) is 3.19. The van der Waals surface area contributed by atoms with Crippen molar-refractivity contribution < 1.29 is 0 Å². The summed E-state index contributed by atoms with van der Waals surface area (Å²) in [6.45, 7) is 4.26. The Hall–Kier alpha value is -1.77. The van der Waals surface area contributed by atoms with E-state index in [0.717, 1.165) is 17.8 Å². The van der Waals surface area contributed by atoms with E-state index in [1.807, 2.05) is 12.1 Å². The summed E-state index contributed by atoms with van der Waals surface area (Å²) < 4.78 is 0. The second-order valence-corrected chi connectivity index (χ2v) is 4.12. The molecule has 0 N–H and O–H groups in total. The Labute approximate surface area is 102 Å². The minimum absolute atomic E-state index is 0.692. The van der Waals surface area contributed by atoms with Crippen LogP contribution in [0.25, 0.3) is 11.5 Å². The topological polar surface area (TPSA) is 38.7 Å². The third-order valence-corrected chi connectivity index (χ3v) is 2.79. The quantitative estimate of drug-likeness (QED) is 0.805. The van der Waals surface area contributed by atoms with Gasteiger partial charge in [-0.2, -0.15) is 0 Å². The molecule has 2 rings (SSSR count). The molecule has 0 aliphatic rings. The van der Waals surface area contributed by atoms with Gasteiger partial charge in [0.25, 0.3) is 0 Å². The molecule has 88 valence electrons. The van der Waals surface area contributed by atoms with Gasteiger partial charge < -0.3 is 0 Å². The normalized spacial score (nSPS) is 10.5. The summed E-state index contributed by atoms with van der Waals surface area (Å²) in [5, 5.41) is 0. The van der Waals surface area contributed by atoms with Crippen LogP contribution in [0.4, 0.5) is 0 Å². The molecule has 0 atom stereocenters. The molecule has 0 bridgehead atoms. The van der Waals surface area contributed by atoms with Crippen molar-refractivity contribution in [1.29, 1.82) is 0 Å². The smallest absolute Gasteiger partial charge is 0.178 e. The molecule has 3 nitrogen and oxygen atoms in total. The van der Waals surface area contributed by atoms with E-state index >= 15 is 0 Å². The molecule has 0 aliphatic carbocycles. The lowest BCUT2D eigenvalue weighted by atomic mass is 10.1. The number of aromatic nitrogens is 3.